The summed E-state index contributed by atoms with van der Waals surface area (Å²) in [6.45, 7) is 4.58. The van der Waals surface area contributed by atoms with Gasteiger partial charge in [0, 0.05) is 37.0 Å². The molecule has 0 saturated heterocycles. The molecule has 0 bridgehead atoms. The fourth-order valence-corrected chi connectivity index (χ4v) is 3.07. The summed E-state index contributed by atoms with van der Waals surface area (Å²) in [7, 11) is 1.35. The summed E-state index contributed by atoms with van der Waals surface area (Å²) in [4.78, 5) is 28.8. The minimum Gasteiger partial charge on any atom is -0.465 e. The predicted octanol–water partition coefficient (Wildman–Crippen LogP) is 2.49. The van der Waals surface area contributed by atoms with Crippen LogP contribution in [0, 0.1) is 19.8 Å². The Morgan fingerprint density at radius 1 is 1.33 bits per heavy atom. The van der Waals surface area contributed by atoms with Crippen LogP contribution in [-0.4, -0.2) is 28.5 Å². The monoisotopic (exact) mass is 327 g/mol. The van der Waals surface area contributed by atoms with E-state index in [2.05, 4.69) is 14.9 Å². The molecule has 6 heteroatoms. The lowest BCUT2D eigenvalue weighted by Crippen LogP contribution is -2.30. The highest BCUT2D eigenvalue weighted by Crippen LogP contribution is 2.24. The molecule has 6 nitrogen and oxygen atoms in total. The van der Waals surface area contributed by atoms with Crippen molar-refractivity contribution in [3.63, 3.8) is 0 Å². The zero-order valence-corrected chi connectivity index (χ0v) is 14.1. The second-order valence-electron chi connectivity index (χ2n) is 6.17. The number of methoxy groups -OCH3 is 1. The average molecular weight is 327 g/mol. The third-order valence-corrected chi connectivity index (χ3v) is 4.66. The molecule has 0 spiro atoms. The van der Waals surface area contributed by atoms with Crippen LogP contribution in [-0.2, 0) is 22.5 Å². The maximum Gasteiger partial charge on any atom is 0.338 e. The highest BCUT2D eigenvalue weighted by atomic mass is 16.5. The van der Waals surface area contributed by atoms with Crippen LogP contribution in [0.2, 0.25) is 0 Å². The van der Waals surface area contributed by atoms with Crippen LogP contribution >= 0.6 is 0 Å². The first-order valence-corrected chi connectivity index (χ1v) is 8.00. The van der Waals surface area contributed by atoms with Crippen molar-refractivity contribution >= 4 is 17.6 Å². The number of carbonyl (C=O) groups is 2. The molecule has 1 amide bonds. The fourth-order valence-electron chi connectivity index (χ4n) is 3.07. The SMILES string of the molecule is COC(=O)c1cc(NC(=O)C2CCn3ccnc3C2)cc(C)c1C. The largest absolute Gasteiger partial charge is 0.465 e. The Hall–Kier alpha value is -2.63. The average Bonchev–Trinajstić information content (AvgIpc) is 3.04. The number of anilines is 1. The molecule has 126 valence electrons. The van der Waals surface area contributed by atoms with Gasteiger partial charge in [-0.2, -0.15) is 0 Å². The summed E-state index contributed by atoms with van der Waals surface area (Å²) in [6.07, 6.45) is 5.12. The zero-order valence-electron chi connectivity index (χ0n) is 14.1. The molecule has 2 heterocycles. The Labute approximate surface area is 140 Å². The van der Waals surface area contributed by atoms with Crippen molar-refractivity contribution in [1.29, 1.82) is 0 Å². The van der Waals surface area contributed by atoms with Crippen LogP contribution in [0.4, 0.5) is 5.69 Å². The van der Waals surface area contributed by atoms with E-state index in [4.69, 9.17) is 4.74 Å². The lowest BCUT2D eigenvalue weighted by molar-refractivity contribution is -0.120. The summed E-state index contributed by atoms with van der Waals surface area (Å²) < 4.78 is 6.89. The van der Waals surface area contributed by atoms with Gasteiger partial charge in [-0.05, 0) is 43.5 Å². The van der Waals surface area contributed by atoms with Gasteiger partial charge in [-0.1, -0.05) is 0 Å². The smallest absolute Gasteiger partial charge is 0.338 e. The van der Waals surface area contributed by atoms with Gasteiger partial charge in [-0.3, -0.25) is 4.79 Å². The Balaban J connectivity index is 1.77. The number of amides is 1. The molecule has 1 aromatic heterocycles. The van der Waals surface area contributed by atoms with Crippen molar-refractivity contribution in [2.24, 2.45) is 5.92 Å². The maximum atomic E-state index is 12.6. The number of benzene rings is 1. The second kappa shape index (κ2) is 6.47. The predicted molar refractivity (Wildman–Crippen MR) is 89.9 cm³/mol. The Morgan fingerprint density at radius 2 is 2.12 bits per heavy atom. The number of aryl methyl sites for hydroxylation is 2. The summed E-state index contributed by atoms with van der Waals surface area (Å²) in [6, 6.07) is 3.55. The Bertz CT molecular complexity index is 795. The summed E-state index contributed by atoms with van der Waals surface area (Å²) >= 11 is 0. The van der Waals surface area contributed by atoms with E-state index in [1.165, 1.54) is 7.11 Å². The van der Waals surface area contributed by atoms with Gasteiger partial charge in [0.1, 0.15) is 5.82 Å². The third-order valence-electron chi connectivity index (χ3n) is 4.66. The number of imidazole rings is 1. The molecule has 1 aromatic carbocycles. The summed E-state index contributed by atoms with van der Waals surface area (Å²) in [5.41, 5.74) is 2.90. The highest BCUT2D eigenvalue weighted by molar-refractivity contribution is 5.96. The molecule has 1 N–H and O–H groups in total. The van der Waals surface area contributed by atoms with Gasteiger partial charge in [0.2, 0.25) is 5.91 Å². The molecule has 1 atom stereocenters. The summed E-state index contributed by atoms with van der Waals surface area (Å²) in [5, 5.41) is 2.94. The molecule has 3 rings (SSSR count). The van der Waals surface area contributed by atoms with Crippen molar-refractivity contribution in [3.8, 4) is 0 Å². The van der Waals surface area contributed by atoms with Gasteiger partial charge in [-0.15, -0.1) is 0 Å². The number of ether oxygens (including phenoxy) is 1. The topological polar surface area (TPSA) is 73.2 Å². The first kappa shape index (κ1) is 16.2. The molecule has 1 aliphatic rings. The van der Waals surface area contributed by atoms with Crippen LogP contribution < -0.4 is 5.32 Å². The lowest BCUT2D eigenvalue weighted by atomic mass is 9.96. The standard InChI is InChI=1S/C18H21N3O3/c1-11-8-14(10-15(12(11)2)18(23)24-3)20-17(22)13-4-6-21-7-5-19-16(21)9-13/h5,7-8,10,13H,4,6,9H2,1-3H3,(H,20,22). The first-order chi connectivity index (χ1) is 11.5. The van der Waals surface area contributed by atoms with E-state index < -0.39 is 5.97 Å². The van der Waals surface area contributed by atoms with E-state index in [9.17, 15) is 9.59 Å². The molecular weight excluding hydrogens is 306 g/mol. The molecule has 0 aliphatic carbocycles. The molecule has 1 unspecified atom stereocenters. The Morgan fingerprint density at radius 3 is 2.88 bits per heavy atom. The number of esters is 1. The number of hydrogen-bond donors (Lipinski definition) is 1. The van der Waals surface area contributed by atoms with Crippen LogP contribution in [0.25, 0.3) is 0 Å². The van der Waals surface area contributed by atoms with Crippen molar-refractivity contribution in [3.05, 3.63) is 47.0 Å². The van der Waals surface area contributed by atoms with E-state index in [0.29, 0.717) is 17.7 Å². The minimum atomic E-state index is -0.397. The fraction of sp³-hybridized carbons (Fsp3) is 0.389. The van der Waals surface area contributed by atoms with Crippen LogP contribution in [0.1, 0.15) is 33.7 Å². The second-order valence-corrected chi connectivity index (χ2v) is 6.17. The van der Waals surface area contributed by atoms with Crippen molar-refractivity contribution in [2.75, 3.05) is 12.4 Å². The van der Waals surface area contributed by atoms with E-state index >= 15 is 0 Å². The molecule has 0 radical (unpaired) electrons. The molecule has 1 aliphatic heterocycles. The molecule has 0 fully saturated rings. The highest BCUT2D eigenvalue weighted by Gasteiger charge is 2.25. The van der Waals surface area contributed by atoms with Crippen molar-refractivity contribution < 1.29 is 14.3 Å². The quantitative estimate of drug-likeness (QED) is 0.879. The number of fused-ring (bicyclic) bond motifs is 1. The van der Waals surface area contributed by atoms with Crippen molar-refractivity contribution in [2.45, 2.75) is 33.2 Å². The Kier molecular flexibility index (Phi) is 4.38. The van der Waals surface area contributed by atoms with Crippen LogP contribution in [0.15, 0.2) is 24.5 Å². The normalized spacial score (nSPS) is 16.4. The third kappa shape index (κ3) is 3.04. The number of carbonyl (C=O) groups excluding carboxylic acids is 2. The van der Waals surface area contributed by atoms with Gasteiger partial charge in [0.25, 0.3) is 0 Å². The molecular formula is C18H21N3O3. The molecule has 2 aromatic rings. The number of nitrogens with one attached hydrogen (secondary N) is 1. The van der Waals surface area contributed by atoms with Gasteiger partial charge in [0.05, 0.1) is 12.7 Å². The van der Waals surface area contributed by atoms with E-state index in [1.54, 1.807) is 12.3 Å². The van der Waals surface area contributed by atoms with E-state index in [-0.39, 0.29) is 11.8 Å². The lowest BCUT2D eigenvalue weighted by Gasteiger charge is -2.23. The number of nitrogens with zero attached hydrogens (tertiary/aromatic N) is 2. The van der Waals surface area contributed by atoms with E-state index in [0.717, 1.165) is 29.9 Å². The number of aromatic nitrogens is 2. The van der Waals surface area contributed by atoms with Gasteiger partial charge < -0.3 is 14.6 Å². The van der Waals surface area contributed by atoms with Crippen LogP contribution in [0.3, 0.4) is 0 Å². The first-order valence-electron chi connectivity index (χ1n) is 8.00. The van der Waals surface area contributed by atoms with Gasteiger partial charge >= 0.3 is 5.97 Å². The zero-order chi connectivity index (χ0) is 17.3. The number of hydrogen-bond acceptors (Lipinski definition) is 4. The van der Waals surface area contributed by atoms with E-state index in [1.807, 2.05) is 26.1 Å². The van der Waals surface area contributed by atoms with Gasteiger partial charge in [-0.25, -0.2) is 9.78 Å². The summed E-state index contributed by atoms with van der Waals surface area (Å²) in [5.74, 6) is 0.398. The molecule has 0 saturated carbocycles. The molecule has 24 heavy (non-hydrogen) atoms. The van der Waals surface area contributed by atoms with Crippen LogP contribution in [0.5, 0.6) is 0 Å². The van der Waals surface area contributed by atoms with Crippen molar-refractivity contribution in [1.82, 2.24) is 9.55 Å². The maximum absolute atomic E-state index is 12.6. The minimum absolute atomic E-state index is 0.0386. The van der Waals surface area contributed by atoms with Gasteiger partial charge in [0.15, 0.2) is 0 Å². The number of rotatable bonds is 3.